The van der Waals surface area contributed by atoms with Gasteiger partial charge in [0, 0.05) is 6.08 Å². The fourth-order valence-electron chi connectivity index (χ4n) is 5.29. The summed E-state index contributed by atoms with van der Waals surface area (Å²) in [5.41, 5.74) is 2.38. The van der Waals surface area contributed by atoms with Gasteiger partial charge in [0.05, 0.1) is 7.11 Å². The van der Waals surface area contributed by atoms with Gasteiger partial charge in [-0.15, -0.1) is 0 Å². The van der Waals surface area contributed by atoms with Crippen molar-refractivity contribution in [3.8, 4) is 0 Å². The highest BCUT2D eigenvalue weighted by Gasteiger charge is 2.54. The number of esters is 1. The summed E-state index contributed by atoms with van der Waals surface area (Å²) in [6.45, 7) is 11.0. The highest BCUT2D eigenvalue weighted by Crippen LogP contribution is 2.62. The van der Waals surface area contributed by atoms with Crippen molar-refractivity contribution in [1.29, 1.82) is 0 Å². The molecule has 2 rings (SSSR count). The number of hydrogen-bond donors (Lipinski definition) is 1. The lowest BCUT2D eigenvalue weighted by Crippen LogP contribution is -2.51. The molecule has 0 amide bonds. The van der Waals surface area contributed by atoms with Crippen molar-refractivity contribution in [2.24, 2.45) is 22.7 Å². The first-order chi connectivity index (χ1) is 12.5. The number of ether oxygens (including phenoxy) is 2. The van der Waals surface area contributed by atoms with E-state index < -0.39 is 6.16 Å². The summed E-state index contributed by atoms with van der Waals surface area (Å²) in [6, 6.07) is 0. The molecule has 0 radical (unpaired) electrons. The van der Waals surface area contributed by atoms with Gasteiger partial charge in [0.15, 0.2) is 0 Å². The third-order valence-corrected chi connectivity index (χ3v) is 7.47. The summed E-state index contributed by atoms with van der Waals surface area (Å²) >= 11 is 0. The zero-order valence-electron chi connectivity index (χ0n) is 17.5. The Hall–Kier alpha value is -1.78. The molecule has 1 N–H and O–H groups in total. The van der Waals surface area contributed by atoms with E-state index in [4.69, 9.17) is 14.6 Å². The maximum absolute atomic E-state index is 11.5. The Kier molecular flexibility index (Phi) is 6.43. The van der Waals surface area contributed by atoms with Crippen LogP contribution in [0.15, 0.2) is 23.3 Å². The Labute approximate surface area is 162 Å². The lowest BCUT2D eigenvalue weighted by Gasteiger charge is -2.58. The molecule has 2 aliphatic carbocycles. The number of hydrogen-bond acceptors (Lipinski definition) is 4. The van der Waals surface area contributed by atoms with E-state index in [2.05, 4.69) is 27.7 Å². The van der Waals surface area contributed by atoms with Crippen LogP contribution >= 0.6 is 0 Å². The molecule has 152 valence electrons. The number of methoxy groups -OCH3 is 1. The van der Waals surface area contributed by atoms with Crippen LogP contribution in [0.2, 0.25) is 0 Å². The third-order valence-electron chi connectivity index (χ3n) is 7.47. The van der Waals surface area contributed by atoms with E-state index in [1.807, 2.05) is 13.0 Å². The third kappa shape index (κ3) is 4.39. The van der Waals surface area contributed by atoms with E-state index in [-0.39, 0.29) is 22.9 Å². The monoisotopic (exact) mass is 378 g/mol. The molecule has 5 atom stereocenters. The summed E-state index contributed by atoms with van der Waals surface area (Å²) in [5, 5.41) is 9.08. The van der Waals surface area contributed by atoms with Gasteiger partial charge in [0.1, 0.15) is 6.10 Å². The summed E-state index contributed by atoms with van der Waals surface area (Å²) in [7, 11) is 1.39. The fourth-order valence-corrected chi connectivity index (χ4v) is 5.29. The second-order valence-corrected chi connectivity index (χ2v) is 8.94. The Morgan fingerprint density at radius 3 is 2.63 bits per heavy atom. The van der Waals surface area contributed by atoms with Crippen LogP contribution in [-0.2, 0) is 14.3 Å². The van der Waals surface area contributed by atoms with Gasteiger partial charge in [0.2, 0.25) is 0 Å². The summed E-state index contributed by atoms with van der Waals surface area (Å²) in [5.74, 6) is 0.553. The average Bonchev–Trinajstić information content (AvgIpc) is 2.59. The van der Waals surface area contributed by atoms with Gasteiger partial charge in [-0.25, -0.2) is 9.59 Å². The van der Waals surface area contributed by atoms with E-state index in [0.717, 1.165) is 37.7 Å². The molecule has 5 nitrogen and oxygen atoms in total. The van der Waals surface area contributed by atoms with Crippen LogP contribution in [0.3, 0.4) is 0 Å². The van der Waals surface area contributed by atoms with E-state index >= 15 is 0 Å². The molecule has 0 aromatic heterocycles. The zero-order chi connectivity index (χ0) is 20.4. The average molecular weight is 379 g/mol. The summed E-state index contributed by atoms with van der Waals surface area (Å²) in [6.07, 6.45) is 6.76. The standard InChI is InChI=1S/C22H34O5/c1-14(11-19(23)26-6)7-9-21(4)15(2)8-10-22(5)16(3)12-17(13-18(21)22)27-20(24)25/h11-12,15,17-18H,7-10,13H2,1-6H3,(H,24,25). The highest BCUT2D eigenvalue weighted by atomic mass is 16.7. The van der Waals surface area contributed by atoms with Crippen molar-refractivity contribution in [3.63, 3.8) is 0 Å². The Morgan fingerprint density at radius 2 is 2.04 bits per heavy atom. The van der Waals surface area contributed by atoms with Gasteiger partial charge in [0.25, 0.3) is 0 Å². The molecule has 5 heteroatoms. The predicted molar refractivity (Wildman–Crippen MR) is 104 cm³/mol. The molecule has 1 fully saturated rings. The van der Waals surface area contributed by atoms with Crippen molar-refractivity contribution >= 4 is 12.1 Å². The minimum Gasteiger partial charge on any atom is -0.466 e. The van der Waals surface area contributed by atoms with Gasteiger partial charge in [-0.2, -0.15) is 0 Å². The molecule has 0 saturated heterocycles. The minimum atomic E-state index is -1.21. The van der Waals surface area contributed by atoms with Crippen LogP contribution in [0.5, 0.6) is 0 Å². The first-order valence-corrected chi connectivity index (χ1v) is 9.86. The Bertz CT molecular complexity index is 649. The quantitative estimate of drug-likeness (QED) is 0.396. The van der Waals surface area contributed by atoms with Crippen LogP contribution in [0.1, 0.15) is 66.7 Å². The van der Waals surface area contributed by atoms with Gasteiger partial charge in [-0.05, 0) is 74.7 Å². The van der Waals surface area contributed by atoms with Crippen LogP contribution in [-0.4, -0.2) is 30.4 Å². The number of fused-ring (bicyclic) bond motifs is 1. The largest absolute Gasteiger partial charge is 0.506 e. The van der Waals surface area contributed by atoms with Gasteiger partial charge in [-0.3, -0.25) is 0 Å². The molecule has 0 aliphatic heterocycles. The smallest absolute Gasteiger partial charge is 0.466 e. The second kappa shape index (κ2) is 8.07. The molecule has 5 unspecified atom stereocenters. The van der Waals surface area contributed by atoms with E-state index in [1.54, 1.807) is 6.08 Å². The second-order valence-electron chi connectivity index (χ2n) is 8.94. The number of carboxylic acid groups (broad SMARTS) is 1. The molecular weight excluding hydrogens is 344 g/mol. The topological polar surface area (TPSA) is 72.8 Å². The van der Waals surface area contributed by atoms with E-state index in [9.17, 15) is 9.59 Å². The predicted octanol–water partition coefficient (Wildman–Crippen LogP) is 5.36. The summed E-state index contributed by atoms with van der Waals surface area (Å²) in [4.78, 5) is 22.6. The van der Waals surface area contributed by atoms with E-state index in [1.165, 1.54) is 12.7 Å². The Balaban J connectivity index is 2.28. The first-order valence-electron chi connectivity index (χ1n) is 9.86. The van der Waals surface area contributed by atoms with Gasteiger partial charge in [-0.1, -0.05) is 31.9 Å². The molecule has 0 aromatic carbocycles. The molecule has 2 aliphatic rings. The number of carbonyl (C=O) groups excluding carboxylic acids is 1. The number of rotatable bonds is 5. The zero-order valence-corrected chi connectivity index (χ0v) is 17.5. The lowest BCUT2D eigenvalue weighted by atomic mass is 9.46. The maximum atomic E-state index is 11.5. The van der Waals surface area contributed by atoms with Crippen LogP contribution in [0, 0.1) is 22.7 Å². The van der Waals surface area contributed by atoms with Crippen LogP contribution in [0.4, 0.5) is 4.79 Å². The van der Waals surface area contributed by atoms with E-state index in [0.29, 0.717) is 11.8 Å². The fraction of sp³-hybridized carbons (Fsp3) is 0.727. The maximum Gasteiger partial charge on any atom is 0.506 e. The van der Waals surface area contributed by atoms with Crippen molar-refractivity contribution in [1.82, 2.24) is 0 Å². The highest BCUT2D eigenvalue weighted by molar-refractivity contribution is 5.82. The van der Waals surface area contributed by atoms with Crippen molar-refractivity contribution in [2.75, 3.05) is 7.11 Å². The molecule has 0 aromatic rings. The van der Waals surface area contributed by atoms with Crippen molar-refractivity contribution in [2.45, 2.75) is 72.8 Å². The minimum absolute atomic E-state index is 0.0495. The number of carbonyl (C=O) groups is 2. The number of allylic oxidation sites excluding steroid dienone is 2. The molecule has 1 saturated carbocycles. The van der Waals surface area contributed by atoms with Crippen molar-refractivity contribution < 1.29 is 24.2 Å². The molecular formula is C22H34O5. The normalized spacial score (nSPS) is 36.4. The molecule has 0 bridgehead atoms. The van der Waals surface area contributed by atoms with Gasteiger partial charge < -0.3 is 14.6 Å². The van der Waals surface area contributed by atoms with Crippen LogP contribution in [0.25, 0.3) is 0 Å². The summed E-state index contributed by atoms with van der Waals surface area (Å²) < 4.78 is 9.88. The van der Waals surface area contributed by atoms with Crippen molar-refractivity contribution in [3.05, 3.63) is 23.3 Å². The molecule has 0 heterocycles. The SMILES string of the molecule is COC(=O)C=C(C)CCC1(C)C(C)CCC2(C)C(C)=CC(OC(=O)O)CC21. The van der Waals surface area contributed by atoms with Crippen LogP contribution < -0.4 is 0 Å². The first kappa shape index (κ1) is 21.5. The molecule has 27 heavy (non-hydrogen) atoms. The Morgan fingerprint density at radius 1 is 1.37 bits per heavy atom. The lowest BCUT2D eigenvalue weighted by molar-refractivity contribution is -0.134. The van der Waals surface area contributed by atoms with Gasteiger partial charge >= 0.3 is 12.1 Å². The molecule has 0 spiro atoms.